The first-order valence-electron chi connectivity index (χ1n) is 24.0. The van der Waals surface area contributed by atoms with E-state index in [0.29, 0.717) is 0 Å². The Bertz CT molecular complexity index is 2430. The Morgan fingerprint density at radius 1 is 0.365 bits per heavy atom. The van der Waals surface area contributed by atoms with Gasteiger partial charge in [-0.15, -0.1) is 0 Å². The average Bonchev–Trinajstić information content (AvgIpc) is 3.31. The molecule has 3 fully saturated rings. The maximum atomic E-state index is 10.4. The molecule has 4 aromatic rings. The molecule has 0 aliphatic carbocycles. The van der Waals surface area contributed by atoms with Crippen molar-refractivity contribution in [1.29, 1.82) is 0 Å². The SMILES string of the molecule is C[N+]1(CCSC[N+]2(C)CCOCC2)CC[N+](C)(CCSC[N+]2(C)CCOCC2)CC1.Cc1ccc(S(=O)(=O)[O-])cc1.Cc1ccc(S(=O)(=O)[O-])cc1.Cc1ccc(S(=O)(=O)[O-])cc1.Cc1ccc(S(=O)(=O)[O-])cc1. The maximum Gasteiger partial charge on any atom is 0.128 e. The van der Waals surface area contributed by atoms with Crippen LogP contribution in [0, 0.1) is 27.7 Å². The molecule has 3 aliphatic heterocycles. The van der Waals surface area contributed by atoms with Crippen LogP contribution >= 0.6 is 23.5 Å². The number of benzene rings is 4. The van der Waals surface area contributed by atoms with Gasteiger partial charge >= 0.3 is 0 Å². The van der Waals surface area contributed by atoms with Crippen LogP contribution in [-0.2, 0) is 49.9 Å². The Hall–Kier alpha value is -3.02. The molecule has 24 heteroatoms. The summed E-state index contributed by atoms with van der Waals surface area (Å²) >= 11 is 4.33. The van der Waals surface area contributed by atoms with E-state index in [2.05, 4.69) is 51.7 Å². The number of morpholine rings is 2. The molecule has 18 nitrogen and oxygen atoms in total. The number of ether oxygens (including phenoxy) is 2. The fraction of sp³-hybridized carbons (Fsp3) is 0.520. The van der Waals surface area contributed by atoms with Crippen molar-refractivity contribution in [3.63, 3.8) is 0 Å². The highest BCUT2D eigenvalue weighted by atomic mass is 32.2. The van der Waals surface area contributed by atoms with Crippen molar-refractivity contribution in [3.8, 4) is 0 Å². The van der Waals surface area contributed by atoms with E-state index in [1.54, 1.807) is 48.5 Å². The first kappa shape index (κ1) is 65.3. The molecule has 0 spiro atoms. The van der Waals surface area contributed by atoms with E-state index in [9.17, 15) is 51.9 Å². The van der Waals surface area contributed by atoms with Crippen molar-refractivity contribution < 1.29 is 79.3 Å². The second kappa shape index (κ2) is 29.1. The molecular weight excluding hydrogens is 1070 g/mol. The van der Waals surface area contributed by atoms with Crippen LogP contribution in [0.25, 0.3) is 0 Å². The van der Waals surface area contributed by atoms with Gasteiger partial charge in [-0.1, -0.05) is 94.3 Å². The van der Waals surface area contributed by atoms with Gasteiger partial charge in [0.25, 0.3) is 0 Å². The van der Waals surface area contributed by atoms with Gasteiger partial charge in [0, 0.05) is 11.5 Å². The molecule has 0 bridgehead atoms. The Morgan fingerprint density at radius 3 is 0.757 bits per heavy atom. The summed E-state index contributed by atoms with van der Waals surface area (Å²) in [5, 5.41) is 0. The predicted molar refractivity (Wildman–Crippen MR) is 286 cm³/mol. The summed E-state index contributed by atoms with van der Waals surface area (Å²) < 4.78 is 141. The van der Waals surface area contributed by atoms with Crippen LogP contribution in [0.1, 0.15) is 22.3 Å². The predicted octanol–water partition coefficient (Wildman–Crippen LogP) is 4.82. The van der Waals surface area contributed by atoms with Gasteiger partial charge in [0.2, 0.25) is 0 Å². The van der Waals surface area contributed by atoms with Gasteiger partial charge in [0.15, 0.2) is 0 Å². The van der Waals surface area contributed by atoms with Crippen LogP contribution in [0.2, 0.25) is 0 Å². The summed E-state index contributed by atoms with van der Waals surface area (Å²) in [7, 11) is -7.30. The first-order valence-corrected chi connectivity index (χ1v) is 31.9. The number of hydrogen-bond donors (Lipinski definition) is 0. The maximum absolute atomic E-state index is 10.4. The molecule has 4 aromatic carbocycles. The first-order chi connectivity index (χ1) is 34.2. The van der Waals surface area contributed by atoms with Crippen molar-refractivity contribution in [2.75, 3.05) is 143 Å². The second-order valence-corrected chi connectivity index (χ2v) is 27.8. The molecule has 0 unspecified atom stereocenters. The fourth-order valence-electron chi connectivity index (χ4n) is 7.42. The molecule has 416 valence electrons. The molecule has 0 atom stereocenters. The molecule has 0 saturated carbocycles. The Labute approximate surface area is 450 Å². The van der Waals surface area contributed by atoms with Gasteiger partial charge in [0.1, 0.15) is 105 Å². The summed E-state index contributed by atoms with van der Waals surface area (Å²) in [6, 6.07) is 23.1. The number of likely N-dealkylation sites (N-methyl/N-ethyl adjacent to an activating group) is 4. The topological polar surface area (TPSA) is 247 Å². The fourth-order valence-corrected chi connectivity index (χ4v) is 12.1. The van der Waals surface area contributed by atoms with Gasteiger partial charge in [-0.05, 0) is 76.2 Å². The third kappa shape index (κ3) is 25.0. The lowest BCUT2D eigenvalue weighted by Gasteiger charge is -2.46. The molecule has 3 heterocycles. The highest BCUT2D eigenvalue weighted by Crippen LogP contribution is 2.22. The Kier molecular flexibility index (Phi) is 25.7. The Balaban J connectivity index is 0.000000271. The molecule has 0 N–H and O–H groups in total. The minimum atomic E-state index is -4.27. The lowest BCUT2D eigenvalue weighted by Crippen LogP contribution is -2.65. The molecule has 7 rings (SSSR count). The minimum absolute atomic E-state index is 0.178. The highest BCUT2D eigenvalue weighted by molar-refractivity contribution is 7.99. The lowest BCUT2D eigenvalue weighted by molar-refractivity contribution is -1.01. The monoisotopic (exact) mass is 1150 g/mol. The van der Waals surface area contributed by atoms with Crippen molar-refractivity contribution in [3.05, 3.63) is 119 Å². The largest absolute Gasteiger partial charge is 0.744 e. The number of quaternary nitrogens is 4. The highest BCUT2D eigenvalue weighted by Gasteiger charge is 2.37. The number of nitrogens with zero attached hydrogens (tertiary/aromatic N) is 4. The van der Waals surface area contributed by atoms with Crippen LogP contribution in [-0.4, -0.2) is 213 Å². The summed E-state index contributed by atoms with van der Waals surface area (Å²) in [6.07, 6.45) is 0. The van der Waals surface area contributed by atoms with Crippen LogP contribution in [0.5, 0.6) is 0 Å². The van der Waals surface area contributed by atoms with Crippen LogP contribution in [0.15, 0.2) is 117 Å². The zero-order chi connectivity index (χ0) is 55.5. The zero-order valence-electron chi connectivity index (χ0n) is 43.9. The van der Waals surface area contributed by atoms with Crippen molar-refractivity contribution >= 4 is 64.0 Å². The van der Waals surface area contributed by atoms with Gasteiger partial charge in [-0.2, -0.15) is 0 Å². The van der Waals surface area contributed by atoms with Crippen LogP contribution in [0.4, 0.5) is 0 Å². The van der Waals surface area contributed by atoms with Crippen molar-refractivity contribution in [2.45, 2.75) is 47.3 Å². The second-order valence-electron chi connectivity index (χ2n) is 20.1. The summed E-state index contributed by atoms with van der Waals surface area (Å²) in [5.41, 5.74) is 3.71. The van der Waals surface area contributed by atoms with E-state index in [-0.39, 0.29) is 19.6 Å². The molecule has 3 saturated heterocycles. The number of piperazine rings is 1. The Morgan fingerprint density at radius 2 is 0.568 bits per heavy atom. The van der Waals surface area contributed by atoms with E-state index in [0.717, 1.165) is 48.7 Å². The molecule has 74 heavy (non-hydrogen) atoms. The van der Waals surface area contributed by atoms with E-state index in [4.69, 9.17) is 9.47 Å². The molecular formula is C50H76N4O14S6. The lowest BCUT2D eigenvalue weighted by atomic mass is 10.2. The number of aryl methyl sites for hydroxylation is 4. The molecule has 3 aliphatic rings. The quantitative estimate of drug-likeness (QED) is 0.0933. The van der Waals surface area contributed by atoms with E-state index >= 15 is 0 Å². The van der Waals surface area contributed by atoms with E-state index < -0.39 is 40.5 Å². The van der Waals surface area contributed by atoms with Crippen LogP contribution < -0.4 is 0 Å². The van der Waals surface area contributed by atoms with Gasteiger partial charge < -0.3 is 45.6 Å². The smallest absolute Gasteiger partial charge is 0.128 e. The average molecular weight is 1150 g/mol. The molecule has 0 aromatic heterocycles. The number of thioether (sulfide) groups is 2. The minimum Gasteiger partial charge on any atom is -0.744 e. The standard InChI is InChI=1S/C22H48N4O2S2.4C7H8O3S/c1-23(13-19-29-21-25(3)9-15-27-16-10-25)5-7-24(2,8-6-23)14-20-30-22-26(4)11-17-28-18-12-26;4*1-6-2-4-7(5-3-6)11(8,9)10/h5-22H2,1-4H3;4*2-5H,1H3,(H,8,9,10)/q+4;;;;/p-4. The molecule has 0 radical (unpaired) electrons. The zero-order valence-corrected chi connectivity index (χ0v) is 48.8. The van der Waals surface area contributed by atoms with E-state index in [1.807, 2.05) is 27.7 Å². The van der Waals surface area contributed by atoms with Crippen molar-refractivity contribution in [1.82, 2.24) is 0 Å². The number of rotatable bonds is 14. The van der Waals surface area contributed by atoms with E-state index in [1.165, 1.54) is 155 Å². The third-order valence-corrected chi connectivity index (χ3v) is 19.0. The normalized spacial score (nSPS) is 20.6. The third-order valence-electron chi connectivity index (χ3n) is 13.1. The van der Waals surface area contributed by atoms with Gasteiger partial charge in [0.05, 0.1) is 87.3 Å². The number of hydrogen-bond acceptors (Lipinski definition) is 16. The van der Waals surface area contributed by atoms with Gasteiger partial charge in [-0.25, -0.2) is 33.7 Å². The summed E-state index contributed by atoms with van der Waals surface area (Å²) in [4.78, 5) is -0.711. The summed E-state index contributed by atoms with van der Waals surface area (Å²) in [5.74, 6) is 5.09. The van der Waals surface area contributed by atoms with Crippen molar-refractivity contribution in [2.24, 2.45) is 0 Å². The van der Waals surface area contributed by atoms with Gasteiger partial charge in [-0.3, -0.25) is 0 Å². The summed E-state index contributed by atoms with van der Waals surface area (Å²) in [6.45, 7) is 23.8. The molecule has 0 amide bonds. The van der Waals surface area contributed by atoms with Crippen LogP contribution in [0.3, 0.4) is 0 Å².